The molecule has 0 bridgehead atoms. The van der Waals surface area contributed by atoms with Gasteiger partial charge in [0.25, 0.3) is 0 Å². The van der Waals surface area contributed by atoms with Crippen LogP contribution in [0, 0.1) is 13.8 Å². The lowest BCUT2D eigenvalue weighted by molar-refractivity contribution is -0.131. The van der Waals surface area contributed by atoms with Crippen molar-refractivity contribution in [3.05, 3.63) is 59.2 Å². The molecule has 0 aromatic heterocycles. The fraction of sp³-hybridized carbons (Fsp3) is 0.364. The maximum Gasteiger partial charge on any atom is 0.223 e. The molecule has 1 heterocycles. The predicted octanol–water partition coefficient (Wildman–Crippen LogP) is 3.32. The van der Waals surface area contributed by atoms with E-state index in [-0.39, 0.29) is 30.3 Å². The molecule has 0 aliphatic carbocycles. The first-order chi connectivity index (χ1) is 13.0. The minimum Gasteiger partial charge on any atom is -0.506 e. The lowest BCUT2D eigenvalue weighted by Crippen LogP contribution is -2.48. The standard InChI is InChI=1S/C22H26N2O3/c1-16-7-8-17(2)18(15-16)20(25)9-10-22(27)24-13-11-23(12-14-24)19-5-3-4-6-21(19)26/h3-8,15,26H,9-14H2,1-2H3. The van der Waals surface area contributed by atoms with E-state index in [0.717, 1.165) is 16.8 Å². The van der Waals surface area contributed by atoms with Crippen LogP contribution in [0.4, 0.5) is 5.69 Å². The highest BCUT2D eigenvalue weighted by molar-refractivity contribution is 5.99. The van der Waals surface area contributed by atoms with Crippen LogP contribution in [0.1, 0.15) is 34.3 Å². The molecule has 1 amide bonds. The molecule has 5 nitrogen and oxygen atoms in total. The van der Waals surface area contributed by atoms with Crippen LogP contribution in [0.15, 0.2) is 42.5 Å². The van der Waals surface area contributed by atoms with E-state index in [1.165, 1.54) is 0 Å². The van der Waals surface area contributed by atoms with Crippen molar-refractivity contribution >= 4 is 17.4 Å². The molecule has 5 heteroatoms. The smallest absolute Gasteiger partial charge is 0.223 e. The topological polar surface area (TPSA) is 60.9 Å². The Bertz CT molecular complexity index is 839. The Kier molecular flexibility index (Phi) is 5.79. The van der Waals surface area contributed by atoms with Crippen LogP contribution in [0.5, 0.6) is 5.75 Å². The van der Waals surface area contributed by atoms with Crippen molar-refractivity contribution in [3.8, 4) is 5.75 Å². The number of aromatic hydroxyl groups is 1. The first-order valence-corrected chi connectivity index (χ1v) is 9.37. The Balaban J connectivity index is 1.52. The van der Waals surface area contributed by atoms with Crippen LogP contribution >= 0.6 is 0 Å². The van der Waals surface area contributed by atoms with Gasteiger partial charge in [-0.25, -0.2) is 0 Å². The van der Waals surface area contributed by atoms with Gasteiger partial charge in [0.1, 0.15) is 5.75 Å². The zero-order chi connectivity index (χ0) is 19.4. The molecular formula is C22H26N2O3. The van der Waals surface area contributed by atoms with Gasteiger partial charge in [0, 0.05) is 44.6 Å². The summed E-state index contributed by atoms with van der Waals surface area (Å²) in [5.74, 6) is 0.305. The van der Waals surface area contributed by atoms with E-state index in [1.807, 2.05) is 49.1 Å². The van der Waals surface area contributed by atoms with Crippen LogP contribution in [0.3, 0.4) is 0 Å². The van der Waals surface area contributed by atoms with Gasteiger partial charge < -0.3 is 14.9 Å². The molecule has 2 aromatic rings. The fourth-order valence-corrected chi connectivity index (χ4v) is 3.48. The minimum atomic E-state index is 0.0191. The summed E-state index contributed by atoms with van der Waals surface area (Å²) in [4.78, 5) is 28.9. The normalized spacial score (nSPS) is 14.3. The number of nitrogens with zero attached hydrogens (tertiary/aromatic N) is 2. The van der Waals surface area contributed by atoms with Crippen molar-refractivity contribution in [1.82, 2.24) is 4.90 Å². The van der Waals surface area contributed by atoms with E-state index in [2.05, 4.69) is 4.90 Å². The third kappa shape index (κ3) is 4.48. The number of ketones is 1. The monoisotopic (exact) mass is 366 g/mol. The number of phenolic OH excluding ortho intramolecular Hbond substituents is 1. The Morgan fingerprint density at radius 3 is 2.37 bits per heavy atom. The summed E-state index contributed by atoms with van der Waals surface area (Å²) in [6.07, 6.45) is 0.478. The number of carbonyl (C=O) groups is 2. The van der Waals surface area contributed by atoms with E-state index in [0.29, 0.717) is 31.7 Å². The van der Waals surface area contributed by atoms with Gasteiger partial charge >= 0.3 is 0 Å². The van der Waals surface area contributed by atoms with Gasteiger partial charge in [0.05, 0.1) is 5.69 Å². The van der Waals surface area contributed by atoms with Crippen LogP contribution in [-0.2, 0) is 4.79 Å². The number of anilines is 1. The molecule has 3 rings (SSSR count). The molecule has 1 fully saturated rings. The summed E-state index contributed by atoms with van der Waals surface area (Å²) in [6, 6.07) is 13.1. The minimum absolute atomic E-state index is 0.0191. The number of amides is 1. The lowest BCUT2D eigenvalue weighted by atomic mass is 9.99. The van der Waals surface area contributed by atoms with E-state index >= 15 is 0 Å². The van der Waals surface area contributed by atoms with Crippen LogP contribution in [0.2, 0.25) is 0 Å². The number of phenols is 1. The van der Waals surface area contributed by atoms with Crippen LogP contribution in [0.25, 0.3) is 0 Å². The number of aryl methyl sites for hydroxylation is 2. The van der Waals surface area contributed by atoms with Gasteiger partial charge in [-0.2, -0.15) is 0 Å². The summed E-state index contributed by atoms with van der Waals surface area (Å²) in [5.41, 5.74) is 3.52. The number of benzene rings is 2. The Morgan fingerprint density at radius 1 is 0.963 bits per heavy atom. The number of carbonyl (C=O) groups excluding carboxylic acids is 2. The quantitative estimate of drug-likeness (QED) is 0.825. The highest BCUT2D eigenvalue weighted by atomic mass is 16.3. The van der Waals surface area contributed by atoms with Gasteiger partial charge in [-0.1, -0.05) is 29.8 Å². The van der Waals surface area contributed by atoms with E-state index < -0.39 is 0 Å². The largest absolute Gasteiger partial charge is 0.506 e. The molecule has 2 aromatic carbocycles. The van der Waals surface area contributed by atoms with Gasteiger partial charge in [-0.15, -0.1) is 0 Å². The van der Waals surface area contributed by atoms with Gasteiger partial charge in [0.2, 0.25) is 5.91 Å². The van der Waals surface area contributed by atoms with Crippen molar-refractivity contribution in [2.24, 2.45) is 0 Å². The number of piperazine rings is 1. The zero-order valence-corrected chi connectivity index (χ0v) is 15.9. The number of para-hydroxylation sites is 2. The van der Waals surface area contributed by atoms with Crippen molar-refractivity contribution in [3.63, 3.8) is 0 Å². The summed E-state index contributed by atoms with van der Waals surface area (Å²) in [5, 5.41) is 9.97. The maximum absolute atomic E-state index is 12.5. The number of rotatable bonds is 5. The van der Waals surface area contributed by atoms with Crippen molar-refractivity contribution in [1.29, 1.82) is 0 Å². The Labute approximate surface area is 160 Å². The van der Waals surface area contributed by atoms with Gasteiger partial charge in [-0.05, 0) is 37.6 Å². The van der Waals surface area contributed by atoms with Crippen LogP contribution in [-0.4, -0.2) is 47.9 Å². The fourth-order valence-electron chi connectivity index (χ4n) is 3.48. The third-order valence-electron chi connectivity index (χ3n) is 5.11. The second kappa shape index (κ2) is 8.25. The molecule has 1 saturated heterocycles. The number of Topliss-reactive ketones (excluding diaryl/α,β-unsaturated/α-hetero) is 1. The molecule has 0 atom stereocenters. The molecule has 1 aliphatic heterocycles. The molecular weight excluding hydrogens is 340 g/mol. The zero-order valence-electron chi connectivity index (χ0n) is 15.9. The highest BCUT2D eigenvalue weighted by Crippen LogP contribution is 2.27. The third-order valence-corrected chi connectivity index (χ3v) is 5.11. The molecule has 1 N–H and O–H groups in total. The second-order valence-electron chi connectivity index (χ2n) is 7.10. The molecule has 142 valence electrons. The number of hydrogen-bond donors (Lipinski definition) is 1. The maximum atomic E-state index is 12.5. The molecule has 0 spiro atoms. The molecule has 27 heavy (non-hydrogen) atoms. The van der Waals surface area contributed by atoms with E-state index in [4.69, 9.17) is 0 Å². The van der Waals surface area contributed by atoms with Crippen molar-refractivity contribution in [2.45, 2.75) is 26.7 Å². The summed E-state index contributed by atoms with van der Waals surface area (Å²) < 4.78 is 0. The first kappa shape index (κ1) is 19.0. The molecule has 0 unspecified atom stereocenters. The average molecular weight is 366 g/mol. The predicted molar refractivity (Wildman–Crippen MR) is 106 cm³/mol. The van der Waals surface area contributed by atoms with E-state index in [1.54, 1.807) is 12.1 Å². The molecule has 0 saturated carbocycles. The first-order valence-electron chi connectivity index (χ1n) is 9.37. The second-order valence-corrected chi connectivity index (χ2v) is 7.10. The summed E-state index contributed by atoms with van der Waals surface area (Å²) >= 11 is 0. The van der Waals surface area contributed by atoms with Gasteiger partial charge in [0.15, 0.2) is 5.78 Å². The van der Waals surface area contributed by atoms with Crippen LogP contribution < -0.4 is 4.90 Å². The van der Waals surface area contributed by atoms with Crippen molar-refractivity contribution in [2.75, 3.05) is 31.1 Å². The van der Waals surface area contributed by atoms with E-state index in [9.17, 15) is 14.7 Å². The summed E-state index contributed by atoms with van der Waals surface area (Å²) in [7, 11) is 0. The van der Waals surface area contributed by atoms with Gasteiger partial charge in [-0.3, -0.25) is 9.59 Å². The summed E-state index contributed by atoms with van der Waals surface area (Å²) in [6.45, 7) is 6.44. The number of hydrogen-bond acceptors (Lipinski definition) is 4. The average Bonchev–Trinajstić information content (AvgIpc) is 2.68. The Hall–Kier alpha value is -2.82. The highest BCUT2D eigenvalue weighted by Gasteiger charge is 2.23. The molecule has 1 aliphatic rings. The Morgan fingerprint density at radius 2 is 1.67 bits per heavy atom. The SMILES string of the molecule is Cc1ccc(C)c(C(=O)CCC(=O)N2CCN(c3ccccc3O)CC2)c1. The molecule has 0 radical (unpaired) electrons. The van der Waals surface area contributed by atoms with Crippen molar-refractivity contribution < 1.29 is 14.7 Å². The lowest BCUT2D eigenvalue weighted by Gasteiger charge is -2.36.